The summed E-state index contributed by atoms with van der Waals surface area (Å²) in [5.74, 6) is 0. The van der Waals surface area contributed by atoms with Gasteiger partial charge in [-0.05, 0) is 0 Å². The van der Waals surface area contributed by atoms with Crippen LogP contribution < -0.4 is 13.5 Å². The zero-order valence-corrected chi connectivity index (χ0v) is 24.1. The van der Waals surface area contributed by atoms with E-state index in [2.05, 4.69) is 111 Å². The molecule has 0 spiro atoms. The molecule has 0 saturated carbocycles. The normalized spacial score (nSPS) is 13.7. The molecule has 39 heavy (non-hydrogen) atoms. The van der Waals surface area contributed by atoms with Gasteiger partial charge in [0.15, 0.2) is 0 Å². The van der Waals surface area contributed by atoms with E-state index in [1.165, 1.54) is 20.1 Å². The molecule has 2 aromatic heterocycles. The third-order valence-electron chi connectivity index (χ3n) is 8.17. The number of pyridine rings is 1. The number of fused-ring (bicyclic) bond motifs is 5. The maximum atomic E-state index is 10.2. The maximum absolute atomic E-state index is 10.2. The van der Waals surface area contributed by atoms with Gasteiger partial charge in [0.1, 0.15) is 0 Å². The molecule has 3 heterocycles. The predicted octanol–water partition coefficient (Wildman–Crippen LogP) is 6.22. The van der Waals surface area contributed by atoms with Crippen molar-refractivity contribution in [2.75, 3.05) is 0 Å². The molecule has 0 N–H and O–H groups in total. The summed E-state index contributed by atoms with van der Waals surface area (Å²) in [6.07, 6.45) is 2.06. The Bertz CT molecular complexity index is 2010. The fourth-order valence-corrected chi connectivity index (χ4v) is 8.97. The van der Waals surface area contributed by atoms with Crippen molar-refractivity contribution in [3.63, 3.8) is 0 Å². The van der Waals surface area contributed by atoms with E-state index in [0.717, 1.165) is 49.9 Å². The summed E-state index contributed by atoms with van der Waals surface area (Å²) >= 11 is 0.251. The van der Waals surface area contributed by atoms with Crippen LogP contribution in [0.15, 0.2) is 95.5 Å². The molecule has 1 aliphatic heterocycles. The molecule has 7 rings (SSSR count). The second-order valence-corrected chi connectivity index (χ2v) is 13.1. The number of nitrogens with zero attached hydrogens (tertiary/aromatic N) is 2. The van der Waals surface area contributed by atoms with E-state index in [0.29, 0.717) is 5.56 Å². The van der Waals surface area contributed by atoms with Crippen LogP contribution in [0, 0.1) is 18.3 Å². The van der Waals surface area contributed by atoms with E-state index in [1.807, 2.05) is 18.2 Å². The van der Waals surface area contributed by atoms with Crippen LogP contribution >= 0.6 is 0 Å². The standard InChI is InChI=1S/C35H27N2OSe/c1-21-12-15-24-25-16-13-23(20-36)32(34(25)38-33(24)31(21)28-10-7-8-18-37(28)4)22-14-17-30-27(19-22)35(2,3)26-9-5-6-11-29(26)39-30/h5-19H,1-4H3/q+1. The van der Waals surface area contributed by atoms with Crippen LogP contribution in [0.25, 0.3) is 44.3 Å². The van der Waals surface area contributed by atoms with E-state index in [-0.39, 0.29) is 20.4 Å². The topological polar surface area (TPSA) is 40.8 Å². The van der Waals surface area contributed by atoms with Crippen molar-refractivity contribution in [2.24, 2.45) is 7.05 Å². The molecule has 0 amide bonds. The summed E-state index contributed by atoms with van der Waals surface area (Å²) in [5.41, 5.74) is 10.1. The third kappa shape index (κ3) is 3.51. The van der Waals surface area contributed by atoms with Gasteiger partial charge in [-0.2, -0.15) is 0 Å². The van der Waals surface area contributed by atoms with E-state index in [1.54, 1.807) is 0 Å². The van der Waals surface area contributed by atoms with Crippen LogP contribution in [0.5, 0.6) is 0 Å². The Labute approximate surface area is 234 Å². The average Bonchev–Trinajstić information content (AvgIpc) is 3.31. The molecule has 0 bridgehead atoms. The fraction of sp³-hybridized carbons (Fsp3) is 0.143. The Morgan fingerprint density at radius 1 is 0.795 bits per heavy atom. The first-order valence-corrected chi connectivity index (χ1v) is 14.9. The summed E-state index contributed by atoms with van der Waals surface area (Å²) in [6.45, 7) is 6.75. The summed E-state index contributed by atoms with van der Waals surface area (Å²) in [4.78, 5) is 0. The van der Waals surface area contributed by atoms with E-state index in [4.69, 9.17) is 4.42 Å². The first kappa shape index (κ1) is 23.9. The van der Waals surface area contributed by atoms with Gasteiger partial charge in [-0.15, -0.1) is 0 Å². The number of hydrogen-bond donors (Lipinski definition) is 0. The average molecular weight is 571 g/mol. The molecule has 0 atom stereocenters. The Kier molecular flexibility index (Phi) is 5.32. The first-order chi connectivity index (χ1) is 18.9. The number of rotatable bonds is 2. The fourth-order valence-electron chi connectivity index (χ4n) is 6.08. The number of hydrogen-bond acceptors (Lipinski definition) is 2. The second kappa shape index (κ2) is 8.68. The molecule has 0 fully saturated rings. The van der Waals surface area contributed by atoms with Crippen LogP contribution in [-0.2, 0) is 12.5 Å². The van der Waals surface area contributed by atoms with Crippen molar-refractivity contribution in [3.05, 3.63) is 113 Å². The van der Waals surface area contributed by atoms with Crippen LogP contribution in [-0.4, -0.2) is 15.0 Å². The molecule has 6 aromatic rings. The van der Waals surface area contributed by atoms with Gasteiger partial charge >= 0.3 is 229 Å². The van der Waals surface area contributed by atoms with Crippen LogP contribution in [0.1, 0.15) is 36.1 Å². The molecular weight excluding hydrogens is 543 g/mol. The number of furan rings is 1. The molecule has 0 unspecified atom stereocenters. The Morgan fingerprint density at radius 2 is 1.51 bits per heavy atom. The molecule has 4 aromatic carbocycles. The van der Waals surface area contributed by atoms with E-state index < -0.39 is 0 Å². The first-order valence-electron chi connectivity index (χ1n) is 13.1. The summed E-state index contributed by atoms with van der Waals surface area (Å²) in [5, 5.41) is 12.3. The van der Waals surface area contributed by atoms with Gasteiger partial charge in [-0.25, -0.2) is 0 Å². The molecule has 4 heteroatoms. The number of nitriles is 1. The van der Waals surface area contributed by atoms with Gasteiger partial charge in [-0.3, -0.25) is 0 Å². The van der Waals surface area contributed by atoms with Gasteiger partial charge < -0.3 is 0 Å². The summed E-state index contributed by atoms with van der Waals surface area (Å²) in [7, 11) is 2.06. The third-order valence-corrected chi connectivity index (χ3v) is 10.6. The molecular formula is C35H27N2OSe+. The van der Waals surface area contributed by atoms with Crippen molar-refractivity contribution >= 4 is 45.8 Å². The number of aromatic nitrogens is 1. The zero-order valence-electron chi connectivity index (χ0n) is 22.4. The zero-order chi connectivity index (χ0) is 26.9. The van der Waals surface area contributed by atoms with Crippen LogP contribution in [0.3, 0.4) is 0 Å². The monoisotopic (exact) mass is 571 g/mol. The van der Waals surface area contributed by atoms with Crippen molar-refractivity contribution in [3.8, 4) is 28.5 Å². The van der Waals surface area contributed by atoms with Gasteiger partial charge in [0.25, 0.3) is 0 Å². The Morgan fingerprint density at radius 3 is 2.31 bits per heavy atom. The van der Waals surface area contributed by atoms with Crippen molar-refractivity contribution in [1.29, 1.82) is 5.26 Å². The van der Waals surface area contributed by atoms with Crippen molar-refractivity contribution < 1.29 is 8.98 Å². The van der Waals surface area contributed by atoms with Crippen LogP contribution in [0.4, 0.5) is 0 Å². The molecule has 0 saturated heterocycles. The molecule has 1 aliphatic rings. The minimum absolute atomic E-state index is 0.122. The van der Waals surface area contributed by atoms with Gasteiger partial charge in [0.05, 0.1) is 0 Å². The minimum atomic E-state index is -0.122. The predicted molar refractivity (Wildman–Crippen MR) is 159 cm³/mol. The quantitative estimate of drug-likeness (QED) is 0.183. The van der Waals surface area contributed by atoms with E-state index >= 15 is 0 Å². The molecule has 188 valence electrons. The number of benzene rings is 4. The van der Waals surface area contributed by atoms with Crippen molar-refractivity contribution in [1.82, 2.24) is 0 Å². The second-order valence-electron chi connectivity index (χ2n) is 10.8. The van der Waals surface area contributed by atoms with Gasteiger partial charge in [0, 0.05) is 6.07 Å². The van der Waals surface area contributed by atoms with E-state index in [9.17, 15) is 5.26 Å². The Hall–Kier alpha value is -4.16. The molecule has 0 aliphatic carbocycles. The SMILES string of the molecule is Cc1ccc2c(oc3c(-c4ccc5c(c4)C(C)(C)c4ccccc4[Se]5)c(C#N)ccc32)c1-c1cccc[n+]1C. The molecule has 0 radical (unpaired) electrons. The summed E-state index contributed by atoms with van der Waals surface area (Å²) in [6, 6.07) is 32.5. The van der Waals surface area contributed by atoms with Crippen molar-refractivity contribution in [2.45, 2.75) is 26.2 Å². The van der Waals surface area contributed by atoms with Gasteiger partial charge in [-0.1, -0.05) is 0 Å². The van der Waals surface area contributed by atoms with Crippen LogP contribution in [0.2, 0.25) is 0 Å². The molecule has 3 nitrogen and oxygen atoms in total. The van der Waals surface area contributed by atoms with Gasteiger partial charge in [0.2, 0.25) is 0 Å². The number of aryl methyl sites for hydroxylation is 2. The Balaban J connectivity index is 1.51. The summed E-state index contributed by atoms with van der Waals surface area (Å²) < 4.78 is 11.8.